The van der Waals surface area contributed by atoms with Gasteiger partial charge in [0.25, 0.3) is 0 Å². The molecule has 12 aromatic rings. The van der Waals surface area contributed by atoms with Crippen LogP contribution >= 0.6 is 11.3 Å². The Morgan fingerprint density at radius 2 is 1.21 bits per heavy atom. The molecule has 1 N–H and O–H groups in total. The maximum Gasteiger partial charge on any atom is 0.101 e. The van der Waals surface area contributed by atoms with Crippen molar-refractivity contribution in [3.63, 3.8) is 0 Å². The molecule has 0 unspecified atom stereocenters. The quantitative estimate of drug-likeness (QED) is 0.196. The third-order valence-electron chi connectivity index (χ3n) is 11.8. The van der Waals surface area contributed by atoms with Crippen molar-refractivity contribution in [2.75, 3.05) is 0 Å². The van der Waals surface area contributed by atoms with E-state index in [1.54, 1.807) is 0 Å². The Morgan fingerprint density at radius 3 is 2.02 bits per heavy atom. The predicted octanol–water partition coefficient (Wildman–Crippen LogP) is 13.6. The summed E-state index contributed by atoms with van der Waals surface area (Å²) in [6.07, 6.45) is 0. The molecule has 8 aromatic carbocycles. The van der Waals surface area contributed by atoms with Crippen molar-refractivity contribution in [1.29, 1.82) is 10.5 Å². The largest absolute Gasteiger partial charge is 0.354 e. The minimum Gasteiger partial charge on any atom is -0.354 e. The van der Waals surface area contributed by atoms with E-state index in [1.165, 1.54) is 41.7 Å². The second-order valence-electron chi connectivity index (χ2n) is 14.9. The third-order valence-corrected chi connectivity index (χ3v) is 13.0. The predicted molar refractivity (Wildman–Crippen MR) is 237 cm³/mol. The second-order valence-corrected chi connectivity index (χ2v) is 15.9. The number of nitriles is 2. The van der Waals surface area contributed by atoms with Gasteiger partial charge in [-0.15, -0.1) is 11.3 Å². The van der Waals surface area contributed by atoms with Crippen LogP contribution < -0.4 is 0 Å². The van der Waals surface area contributed by atoms with Gasteiger partial charge >= 0.3 is 0 Å². The Labute approximate surface area is 330 Å². The summed E-state index contributed by atoms with van der Waals surface area (Å²) in [6.45, 7) is 2.06. The van der Waals surface area contributed by atoms with Crippen LogP contribution in [0.3, 0.4) is 0 Å². The molecule has 264 valence electrons. The number of fused-ring (bicyclic) bond motifs is 14. The van der Waals surface area contributed by atoms with E-state index in [1.807, 2.05) is 29.5 Å². The molecule has 6 heteroatoms. The standard InChI is InChI=1S/C51H29N5S/c1-29-22-32(28-53)46(56-43-16-8-4-13-38(43)50-45(56)20-18-35-34-10-5-9-17-47(34)57-51(35)50)26-39(29)31-23-30(27-52)24-33(25-31)55-42-15-7-3-12-37(42)49-44(55)21-19-41-48(49)36-11-2-6-14-40(36)54-41/h2-26,54H,1H3. The van der Waals surface area contributed by atoms with Crippen LogP contribution in [0.25, 0.3) is 108 Å². The molecule has 0 aliphatic rings. The molecule has 0 atom stereocenters. The summed E-state index contributed by atoms with van der Waals surface area (Å²) in [5, 5.41) is 30.8. The summed E-state index contributed by atoms with van der Waals surface area (Å²) >= 11 is 1.82. The zero-order valence-electron chi connectivity index (χ0n) is 30.6. The van der Waals surface area contributed by atoms with Gasteiger partial charge in [0.1, 0.15) is 6.07 Å². The highest BCUT2D eigenvalue weighted by Crippen LogP contribution is 2.45. The number of aromatic amines is 1. The lowest BCUT2D eigenvalue weighted by molar-refractivity contribution is 1.16. The fourth-order valence-electron chi connectivity index (χ4n) is 9.41. The van der Waals surface area contributed by atoms with Gasteiger partial charge in [0.2, 0.25) is 0 Å². The van der Waals surface area contributed by atoms with E-state index in [-0.39, 0.29) is 0 Å². The lowest BCUT2D eigenvalue weighted by atomic mass is 9.95. The minimum absolute atomic E-state index is 0.566. The lowest BCUT2D eigenvalue weighted by Crippen LogP contribution is -2.01. The molecule has 0 spiro atoms. The number of aryl methyl sites for hydroxylation is 1. The molecule has 0 fully saturated rings. The topological polar surface area (TPSA) is 73.2 Å². The highest BCUT2D eigenvalue weighted by Gasteiger charge is 2.22. The van der Waals surface area contributed by atoms with E-state index in [4.69, 9.17) is 0 Å². The van der Waals surface area contributed by atoms with Crippen LogP contribution in [-0.4, -0.2) is 14.1 Å². The normalized spacial score (nSPS) is 11.9. The molecule has 0 saturated carbocycles. The van der Waals surface area contributed by atoms with E-state index in [9.17, 15) is 10.5 Å². The fraction of sp³-hybridized carbons (Fsp3) is 0.0196. The van der Waals surface area contributed by atoms with E-state index < -0.39 is 0 Å². The number of rotatable bonds is 3. The Kier molecular flexibility index (Phi) is 6.49. The highest BCUT2D eigenvalue weighted by atomic mass is 32.1. The Bertz CT molecular complexity index is 3800. The monoisotopic (exact) mass is 743 g/mol. The van der Waals surface area contributed by atoms with Gasteiger partial charge < -0.3 is 14.1 Å². The molecule has 0 radical (unpaired) electrons. The summed E-state index contributed by atoms with van der Waals surface area (Å²) in [4.78, 5) is 3.63. The number of benzene rings is 8. The highest BCUT2D eigenvalue weighted by molar-refractivity contribution is 7.26. The van der Waals surface area contributed by atoms with Crippen molar-refractivity contribution in [1.82, 2.24) is 14.1 Å². The summed E-state index contributed by atoms with van der Waals surface area (Å²) in [7, 11) is 0. The first-order valence-electron chi connectivity index (χ1n) is 19.0. The van der Waals surface area contributed by atoms with Crippen molar-refractivity contribution >= 4 is 96.9 Å². The van der Waals surface area contributed by atoms with Gasteiger partial charge in [0, 0.05) is 69.2 Å². The first-order chi connectivity index (χ1) is 28.1. The smallest absolute Gasteiger partial charge is 0.101 e. The third kappa shape index (κ3) is 4.36. The maximum atomic E-state index is 10.7. The van der Waals surface area contributed by atoms with E-state index in [0.29, 0.717) is 11.1 Å². The minimum atomic E-state index is 0.566. The van der Waals surface area contributed by atoms with Gasteiger partial charge in [-0.25, -0.2) is 0 Å². The number of nitrogens with zero attached hydrogens (tertiary/aromatic N) is 4. The summed E-state index contributed by atoms with van der Waals surface area (Å²) in [6, 6.07) is 58.2. The molecule has 12 rings (SSSR count). The van der Waals surface area contributed by atoms with Crippen LogP contribution in [0.5, 0.6) is 0 Å². The molecule has 4 aromatic heterocycles. The van der Waals surface area contributed by atoms with Gasteiger partial charge in [0.05, 0.1) is 45.0 Å². The SMILES string of the molecule is Cc1cc(C#N)c(-n2c3ccccc3c3c4sc5ccccc5c4ccc32)cc1-c1cc(C#N)cc(-n2c3ccccc3c3c4c(ccc32)[nH]c2ccccc24)c1. The van der Waals surface area contributed by atoms with E-state index in [0.717, 1.165) is 71.9 Å². The molecule has 0 aliphatic carbocycles. The van der Waals surface area contributed by atoms with Crippen LogP contribution in [0.1, 0.15) is 16.7 Å². The van der Waals surface area contributed by atoms with Crippen molar-refractivity contribution in [2.24, 2.45) is 0 Å². The average molecular weight is 744 g/mol. The second kappa shape index (κ2) is 11.7. The van der Waals surface area contributed by atoms with Crippen molar-refractivity contribution < 1.29 is 0 Å². The number of hydrogen-bond donors (Lipinski definition) is 1. The van der Waals surface area contributed by atoms with Gasteiger partial charge in [-0.1, -0.05) is 78.9 Å². The average Bonchev–Trinajstić information content (AvgIpc) is 4.00. The maximum absolute atomic E-state index is 10.7. The Morgan fingerprint density at radius 1 is 0.526 bits per heavy atom. The number of thiophene rings is 1. The molecule has 0 saturated heterocycles. The Hall–Kier alpha value is -7.64. The lowest BCUT2D eigenvalue weighted by Gasteiger charge is -2.16. The summed E-state index contributed by atoms with van der Waals surface area (Å²) in [5.74, 6) is 0. The van der Waals surface area contributed by atoms with E-state index in [2.05, 4.69) is 167 Å². The molecule has 4 heterocycles. The molecular formula is C51H29N5S. The van der Waals surface area contributed by atoms with Crippen molar-refractivity contribution in [3.05, 3.63) is 168 Å². The fourth-order valence-corrected chi connectivity index (χ4v) is 10.7. The number of H-pyrrole nitrogens is 1. The van der Waals surface area contributed by atoms with Gasteiger partial charge in [-0.2, -0.15) is 10.5 Å². The molecular weight excluding hydrogens is 715 g/mol. The number of hydrogen-bond acceptors (Lipinski definition) is 3. The van der Waals surface area contributed by atoms with Crippen molar-refractivity contribution in [2.45, 2.75) is 6.92 Å². The zero-order valence-corrected chi connectivity index (χ0v) is 31.4. The number of aromatic nitrogens is 3. The van der Waals surface area contributed by atoms with E-state index >= 15 is 0 Å². The number of para-hydroxylation sites is 3. The summed E-state index contributed by atoms with van der Waals surface area (Å²) < 4.78 is 7.05. The summed E-state index contributed by atoms with van der Waals surface area (Å²) in [5.41, 5.74) is 12.2. The van der Waals surface area contributed by atoms with Crippen LogP contribution in [0, 0.1) is 29.6 Å². The van der Waals surface area contributed by atoms with Crippen LogP contribution in [-0.2, 0) is 0 Å². The molecule has 0 bridgehead atoms. The molecule has 0 aliphatic heterocycles. The molecule has 5 nitrogen and oxygen atoms in total. The Balaban J connectivity index is 1.12. The van der Waals surface area contributed by atoms with Gasteiger partial charge in [0.15, 0.2) is 0 Å². The molecule has 57 heavy (non-hydrogen) atoms. The van der Waals surface area contributed by atoms with Crippen LogP contribution in [0.4, 0.5) is 0 Å². The van der Waals surface area contributed by atoms with Gasteiger partial charge in [-0.3, -0.25) is 0 Å². The first kappa shape index (κ1) is 31.7. The first-order valence-corrected chi connectivity index (χ1v) is 19.8. The number of nitrogens with one attached hydrogen (secondary N) is 1. The zero-order chi connectivity index (χ0) is 37.9. The van der Waals surface area contributed by atoms with Crippen LogP contribution in [0.2, 0.25) is 0 Å². The van der Waals surface area contributed by atoms with Gasteiger partial charge in [-0.05, 0) is 96.4 Å². The van der Waals surface area contributed by atoms with Crippen molar-refractivity contribution in [3.8, 4) is 34.6 Å². The molecule has 0 amide bonds. The van der Waals surface area contributed by atoms with Crippen LogP contribution in [0.15, 0.2) is 152 Å².